The lowest BCUT2D eigenvalue weighted by Gasteiger charge is -2.19. The molecule has 0 bridgehead atoms. The molecular formula is C21H40Cl2O2. The molecule has 0 spiro atoms. The molecule has 0 N–H and O–H groups in total. The van der Waals surface area contributed by atoms with E-state index in [0.29, 0.717) is 6.42 Å². The number of carbonyl (C=O) groups excluding carboxylic acids is 1. The van der Waals surface area contributed by atoms with Gasteiger partial charge in [0.25, 0.3) is 0 Å². The molecule has 0 aliphatic carbocycles. The third-order valence-electron chi connectivity index (χ3n) is 4.55. The molecule has 2 nitrogen and oxygen atoms in total. The average Bonchev–Trinajstić information content (AvgIpc) is 2.58. The molecule has 25 heavy (non-hydrogen) atoms. The van der Waals surface area contributed by atoms with Gasteiger partial charge in [0.1, 0.15) is 0 Å². The number of hydrogen-bond donors (Lipinski definition) is 0. The Bertz CT molecular complexity index is 306. The summed E-state index contributed by atoms with van der Waals surface area (Å²) in [5.41, 5.74) is 0. The van der Waals surface area contributed by atoms with Crippen molar-refractivity contribution in [2.24, 2.45) is 0 Å². The highest BCUT2D eigenvalue weighted by Gasteiger charge is 2.23. The number of carbonyl (C=O) groups is 1. The van der Waals surface area contributed by atoms with Gasteiger partial charge in [-0.05, 0) is 13.3 Å². The Kier molecular flexibility index (Phi) is 17.5. The first-order valence-corrected chi connectivity index (χ1v) is 11.4. The van der Waals surface area contributed by atoms with Crippen molar-refractivity contribution in [3.63, 3.8) is 0 Å². The number of ether oxygens (including phenoxy) is 1. The molecule has 0 aromatic carbocycles. The van der Waals surface area contributed by atoms with Crippen LogP contribution in [0, 0.1) is 0 Å². The van der Waals surface area contributed by atoms with Gasteiger partial charge in [0.05, 0.1) is 5.88 Å². The predicted molar refractivity (Wildman–Crippen MR) is 111 cm³/mol. The summed E-state index contributed by atoms with van der Waals surface area (Å²) >= 11 is 11.5. The van der Waals surface area contributed by atoms with Crippen LogP contribution < -0.4 is 0 Å². The highest BCUT2D eigenvalue weighted by molar-refractivity contribution is 6.30. The van der Waals surface area contributed by atoms with Crippen molar-refractivity contribution in [3.05, 3.63) is 0 Å². The van der Waals surface area contributed by atoms with Crippen LogP contribution in [0.25, 0.3) is 0 Å². The fourth-order valence-corrected chi connectivity index (χ4v) is 3.10. The van der Waals surface area contributed by atoms with Crippen LogP contribution in [-0.4, -0.2) is 16.9 Å². The van der Waals surface area contributed by atoms with E-state index in [2.05, 4.69) is 6.92 Å². The molecule has 0 aromatic rings. The molecule has 0 saturated heterocycles. The molecule has 4 heteroatoms. The summed E-state index contributed by atoms with van der Waals surface area (Å²) in [6, 6.07) is 0. The zero-order valence-corrected chi connectivity index (χ0v) is 18.1. The number of unbranched alkanes of at least 4 members (excludes halogenated alkanes) is 14. The molecule has 0 aromatic heterocycles. The van der Waals surface area contributed by atoms with Crippen molar-refractivity contribution in [1.82, 2.24) is 0 Å². The number of alkyl halides is 2. The monoisotopic (exact) mass is 394 g/mol. The van der Waals surface area contributed by atoms with Crippen molar-refractivity contribution < 1.29 is 9.53 Å². The van der Waals surface area contributed by atoms with Gasteiger partial charge in [0, 0.05) is 6.42 Å². The fraction of sp³-hybridized carbons (Fsp3) is 0.952. The summed E-state index contributed by atoms with van der Waals surface area (Å²) in [6.45, 7) is 3.89. The summed E-state index contributed by atoms with van der Waals surface area (Å²) < 4.78 is 5.10. The van der Waals surface area contributed by atoms with E-state index in [9.17, 15) is 4.79 Å². The average molecular weight is 395 g/mol. The minimum Gasteiger partial charge on any atom is -0.442 e. The van der Waals surface area contributed by atoms with Gasteiger partial charge in [0.15, 0.2) is 5.06 Å². The second-order valence-electron chi connectivity index (χ2n) is 7.41. The number of rotatable bonds is 18. The standard InChI is InChI=1S/C21H40Cl2O2/c1-3-4-5-6-7-8-9-10-11-12-13-14-15-16-17-18-20(24)25-21(2,23)19-22/h3-19H2,1-2H3. The van der Waals surface area contributed by atoms with Crippen molar-refractivity contribution in [2.45, 2.75) is 122 Å². The minimum atomic E-state index is -1.06. The molecule has 0 heterocycles. The second kappa shape index (κ2) is 17.5. The molecule has 0 radical (unpaired) electrons. The van der Waals surface area contributed by atoms with Crippen LogP contribution in [0.15, 0.2) is 0 Å². The zero-order chi connectivity index (χ0) is 18.8. The van der Waals surface area contributed by atoms with Gasteiger partial charge in [-0.3, -0.25) is 4.79 Å². The van der Waals surface area contributed by atoms with Gasteiger partial charge in [-0.25, -0.2) is 0 Å². The Morgan fingerprint density at radius 2 is 1.12 bits per heavy atom. The summed E-state index contributed by atoms with van der Waals surface area (Å²) in [4.78, 5) is 11.6. The molecule has 1 unspecified atom stereocenters. The van der Waals surface area contributed by atoms with Crippen LogP contribution in [0.1, 0.15) is 117 Å². The van der Waals surface area contributed by atoms with E-state index < -0.39 is 5.06 Å². The molecule has 0 saturated carbocycles. The molecule has 150 valence electrons. The maximum Gasteiger partial charge on any atom is 0.307 e. The lowest BCUT2D eigenvalue weighted by atomic mass is 10.0. The Morgan fingerprint density at radius 1 is 0.760 bits per heavy atom. The van der Waals surface area contributed by atoms with Gasteiger partial charge in [-0.2, -0.15) is 0 Å². The van der Waals surface area contributed by atoms with E-state index in [1.165, 1.54) is 83.5 Å². The van der Waals surface area contributed by atoms with Gasteiger partial charge in [-0.15, -0.1) is 11.6 Å². The van der Waals surface area contributed by atoms with Gasteiger partial charge >= 0.3 is 5.97 Å². The van der Waals surface area contributed by atoms with Crippen LogP contribution in [0.2, 0.25) is 0 Å². The molecule has 0 rings (SSSR count). The summed E-state index contributed by atoms with van der Waals surface area (Å²) in [7, 11) is 0. The van der Waals surface area contributed by atoms with Crippen molar-refractivity contribution >= 4 is 29.2 Å². The number of hydrogen-bond acceptors (Lipinski definition) is 2. The van der Waals surface area contributed by atoms with Crippen molar-refractivity contribution in [1.29, 1.82) is 0 Å². The Labute approximate surface area is 166 Å². The van der Waals surface area contributed by atoms with E-state index in [1.807, 2.05) is 0 Å². The maximum atomic E-state index is 11.6. The Balaban J connectivity index is 3.20. The van der Waals surface area contributed by atoms with Gasteiger partial charge in [-0.1, -0.05) is 108 Å². The Morgan fingerprint density at radius 3 is 1.48 bits per heavy atom. The molecule has 0 aliphatic rings. The van der Waals surface area contributed by atoms with Crippen molar-refractivity contribution in [3.8, 4) is 0 Å². The highest BCUT2D eigenvalue weighted by atomic mass is 35.5. The summed E-state index contributed by atoms with van der Waals surface area (Å²) in [6.07, 6.45) is 20.2. The first-order valence-electron chi connectivity index (χ1n) is 10.5. The van der Waals surface area contributed by atoms with Crippen molar-refractivity contribution in [2.75, 3.05) is 5.88 Å². The van der Waals surface area contributed by atoms with E-state index in [-0.39, 0.29) is 11.8 Å². The largest absolute Gasteiger partial charge is 0.442 e. The van der Waals surface area contributed by atoms with E-state index in [4.69, 9.17) is 27.9 Å². The first kappa shape index (κ1) is 25.1. The van der Waals surface area contributed by atoms with Crippen LogP contribution in [0.5, 0.6) is 0 Å². The number of halogens is 2. The lowest BCUT2D eigenvalue weighted by molar-refractivity contribution is -0.150. The zero-order valence-electron chi connectivity index (χ0n) is 16.6. The molecule has 0 amide bonds. The van der Waals surface area contributed by atoms with Gasteiger partial charge < -0.3 is 4.74 Å². The third-order valence-corrected chi connectivity index (χ3v) is 5.41. The maximum absolute atomic E-state index is 11.6. The third kappa shape index (κ3) is 18.6. The predicted octanol–water partition coefficient (Wildman–Crippen LogP) is 7.98. The van der Waals surface area contributed by atoms with Gasteiger partial charge in [0.2, 0.25) is 0 Å². The Hall–Kier alpha value is 0.0500. The van der Waals surface area contributed by atoms with Crippen LogP contribution in [0.3, 0.4) is 0 Å². The van der Waals surface area contributed by atoms with E-state index in [0.717, 1.165) is 12.8 Å². The molecule has 0 fully saturated rings. The quantitative estimate of drug-likeness (QED) is 0.134. The lowest BCUT2D eigenvalue weighted by Crippen LogP contribution is -2.26. The second-order valence-corrected chi connectivity index (χ2v) is 8.48. The molecular weight excluding hydrogens is 355 g/mol. The summed E-state index contributed by atoms with van der Waals surface area (Å²) in [5, 5.41) is -1.06. The molecule has 0 aliphatic heterocycles. The minimum absolute atomic E-state index is 0.110. The van der Waals surface area contributed by atoms with Crippen LogP contribution in [-0.2, 0) is 9.53 Å². The SMILES string of the molecule is CCCCCCCCCCCCCCCCCC(=O)OC(C)(Cl)CCl. The highest BCUT2D eigenvalue weighted by Crippen LogP contribution is 2.19. The van der Waals surface area contributed by atoms with Crippen LogP contribution in [0.4, 0.5) is 0 Å². The topological polar surface area (TPSA) is 26.3 Å². The normalized spacial score (nSPS) is 13.6. The van der Waals surface area contributed by atoms with Crippen LogP contribution >= 0.6 is 23.2 Å². The summed E-state index contributed by atoms with van der Waals surface area (Å²) in [5.74, 6) is -0.132. The smallest absolute Gasteiger partial charge is 0.307 e. The molecule has 1 atom stereocenters. The fourth-order valence-electron chi connectivity index (χ4n) is 2.96. The number of esters is 1. The van der Waals surface area contributed by atoms with E-state index >= 15 is 0 Å². The first-order chi connectivity index (χ1) is 12.0. The van der Waals surface area contributed by atoms with E-state index in [1.54, 1.807) is 6.92 Å².